The molecule has 0 spiro atoms. The Balaban J connectivity index is 2.19. The van der Waals surface area contributed by atoms with Gasteiger partial charge in [0.1, 0.15) is 5.84 Å². The van der Waals surface area contributed by atoms with Crippen molar-refractivity contribution >= 4 is 28.8 Å². The number of rotatable bonds is 1. The number of aromatic amines is 1. The van der Waals surface area contributed by atoms with E-state index >= 15 is 0 Å². The second kappa shape index (κ2) is 4.90. The first-order valence-electron chi connectivity index (χ1n) is 5.98. The summed E-state index contributed by atoms with van der Waals surface area (Å²) in [5, 5.41) is 3.99. The summed E-state index contributed by atoms with van der Waals surface area (Å²) in [7, 11) is 1.76. The summed E-state index contributed by atoms with van der Waals surface area (Å²) >= 11 is 6.11. The van der Waals surface area contributed by atoms with Crippen LogP contribution in [0.3, 0.4) is 0 Å². The van der Waals surface area contributed by atoms with Crippen LogP contribution < -0.4 is 5.32 Å². The van der Waals surface area contributed by atoms with Crippen molar-refractivity contribution in [3.63, 3.8) is 0 Å². The van der Waals surface area contributed by atoms with Crippen molar-refractivity contribution in [1.29, 1.82) is 0 Å². The van der Waals surface area contributed by atoms with Gasteiger partial charge >= 0.3 is 0 Å². The van der Waals surface area contributed by atoms with Gasteiger partial charge in [0.05, 0.1) is 12.3 Å². The summed E-state index contributed by atoms with van der Waals surface area (Å²) in [6.07, 6.45) is 3.81. The molecule has 2 N–H and O–H groups in total. The van der Waals surface area contributed by atoms with E-state index in [-0.39, 0.29) is 0 Å². The van der Waals surface area contributed by atoms with E-state index in [0.717, 1.165) is 28.4 Å². The Morgan fingerprint density at radius 3 is 2.95 bits per heavy atom. The molecule has 1 aliphatic heterocycles. The fourth-order valence-corrected chi connectivity index (χ4v) is 2.27. The minimum Gasteiger partial charge on any atom is -0.367 e. The van der Waals surface area contributed by atoms with Gasteiger partial charge in [0.15, 0.2) is 0 Å². The summed E-state index contributed by atoms with van der Waals surface area (Å²) < 4.78 is 0. The molecule has 0 fully saturated rings. The van der Waals surface area contributed by atoms with Crippen molar-refractivity contribution in [2.24, 2.45) is 9.98 Å². The average molecular weight is 273 g/mol. The van der Waals surface area contributed by atoms with Crippen molar-refractivity contribution in [2.45, 2.75) is 0 Å². The maximum absolute atomic E-state index is 6.11. The molecule has 19 heavy (non-hydrogen) atoms. The number of hydrogen-bond donors (Lipinski definition) is 2. The van der Waals surface area contributed by atoms with E-state index < -0.39 is 0 Å². The van der Waals surface area contributed by atoms with Gasteiger partial charge in [-0.15, -0.1) is 0 Å². The number of aliphatic imine (C=N–C) groups is 2. The molecule has 5 heteroatoms. The molecule has 1 aromatic carbocycles. The molecule has 0 saturated carbocycles. The Hall–Kier alpha value is -2.07. The SMILES string of the molecule is CN=C1CN=C(c2cc[nH]c2)c2cc(Cl)ccc2N1. The lowest BCUT2D eigenvalue weighted by molar-refractivity contribution is 1.26. The Morgan fingerprint density at radius 2 is 2.21 bits per heavy atom. The third kappa shape index (κ3) is 2.27. The first-order valence-corrected chi connectivity index (χ1v) is 6.36. The summed E-state index contributed by atoms with van der Waals surface area (Å²) in [6.45, 7) is 0.531. The zero-order chi connectivity index (χ0) is 13.2. The summed E-state index contributed by atoms with van der Waals surface area (Å²) in [4.78, 5) is 11.9. The molecule has 0 saturated heterocycles. The molecular formula is C14H13ClN4. The molecule has 0 radical (unpaired) electrons. The lowest BCUT2D eigenvalue weighted by Crippen LogP contribution is -2.14. The van der Waals surface area contributed by atoms with Crippen LogP contribution in [0.2, 0.25) is 5.02 Å². The number of hydrogen-bond acceptors (Lipinski definition) is 2. The number of anilines is 1. The largest absolute Gasteiger partial charge is 0.367 e. The highest BCUT2D eigenvalue weighted by Gasteiger charge is 2.17. The number of nitrogens with one attached hydrogen (secondary N) is 2. The number of halogens is 1. The molecule has 1 aliphatic rings. The summed E-state index contributed by atoms with van der Waals surface area (Å²) in [5.74, 6) is 0.842. The number of nitrogens with zero attached hydrogens (tertiary/aromatic N) is 2. The molecule has 3 rings (SSSR count). The van der Waals surface area contributed by atoms with Crippen LogP contribution in [0.15, 0.2) is 46.6 Å². The van der Waals surface area contributed by atoms with Gasteiger partial charge in [-0.05, 0) is 24.3 Å². The van der Waals surface area contributed by atoms with E-state index in [9.17, 15) is 0 Å². The van der Waals surface area contributed by atoms with Gasteiger partial charge in [-0.25, -0.2) is 0 Å². The van der Waals surface area contributed by atoms with E-state index in [4.69, 9.17) is 11.6 Å². The second-order valence-corrected chi connectivity index (χ2v) is 4.69. The molecular weight excluding hydrogens is 260 g/mol. The van der Waals surface area contributed by atoms with Crippen LogP contribution in [-0.2, 0) is 0 Å². The Kier molecular flexibility index (Phi) is 3.09. The van der Waals surface area contributed by atoms with Crippen LogP contribution >= 0.6 is 11.6 Å². The lowest BCUT2D eigenvalue weighted by Gasteiger charge is -2.10. The summed E-state index contributed by atoms with van der Waals surface area (Å²) in [6, 6.07) is 7.74. The molecule has 0 unspecified atom stereocenters. The predicted octanol–water partition coefficient (Wildman–Crippen LogP) is 2.96. The fraction of sp³-hybridized carbons (Fsp3) is 0.143. The Morgan fingerprint density at radius 1 is 1.32 bits per heavy atom. The minimum atomic E-state index is 0.531. The smallest absolute Gasteiger partial charge is 0.122 e. The zero-order valence-corrected chi connectivity index (χ0v) is 11.2. The second-order valence-electron chi connectivity index (χ2n) is 4.25. The van der Waals surface area contributed by atoms with Crippen LogP contribution in [0, 0.1) is 0 Å². The highest BCUT2D eigenvalue weighted by molar-refractivity contribution is 6.32. The van der Waals surface area contributed by atoms with Crippen molar-refractivity contribution < 1.29 is 0 Å². The monoisotopic (exact) mass is 272 g/mol. The standard InChI is InChI=1S/C14H13ClN4/c1-16-13-8-18-14(9-4-5-17-7-9)11-6-10(15)2-3-12(11)19-13/h2-7,17H,8H2,1H3,(H,16,19). The summed E-state index contributed by atoms with van der Waals surface area (Å²) in [5.41, 5.74) is 3.93. The number of H-pyrrole nitrogens is 1. The lowest BCUT2D eigenvalue weighted by atomic mass is 10.0. The van der Waals surface area contributed by atoms with Gasteiger partial charge in [-0.1, -0.05) is 11.6 Å². The fourth-order valence-electron chi connectivity index (χ4n) is 2.10. The van der Waals surface area contributed by atoms with Crippen molar-refractivity contribution in [2.75, 3.05) is 18.9 Å². The highest BCUT2D eigenvalue weighted by Crippen LogP contribution is 2.26. The normalized spacial score (nSPS) is 16.5. The van der Waals surface area contributed by atoms with E-state index in [1.807, 2.05) is 36.7 Å². The van der Waals surface area contributed by atoms with Crippen molar-refractivity contribution in [1.82, 2.24) is 4.98 Å². The zero-order valence-electron chi connectivity index (χ0n) is 10.4. The number of aromatic nitrogens is 1. The van der Waals surface area contributed by atoms with Gasteiger partial charge in [0.2, 0.25) is 0 Å². The van der Waals surface area contributed by atoms with Crippen LogP contribution in [0.1, 0.15) is 11.1 Å². The first-order chi connectivity index (χ1) is 9.28. The first kappa shape index (κ1) is 12.0. The molecule has 0 atom stereocenters. The van der Waals surface area contributed by atoms with E-state index in [0.29, 0.717) is 11.6 Å². The molecule has 4 nitrogen and oxygen atoms in total. The molecule has 96 valence electrons. The molecule has 1 aromatic heterocycles. The van der Waals surface area contributed by atoms with Crippen molar-refractivity contribution in [3.05, 3.63) is 52.8 Å². The van der Waals surface area contributed by atoms with Crippen molar-refractivity contribution in [3.8, 4) is 0 Å². The quantitative estimate of drug-likeness (QED) is 0.824. The van der Waals surface area contributed by atoms with Gasteiger partial charge < -0.3 is 10.3 Å². The molecule has 2 aromatic rings. The predicted molar refractivity (Wildman–Crippen MR) is 79.7 cm³/mol. The third-order valence-electron chi connectivity index (χ3n) is 3.04. The maximum Gasteiger partial charge on any atom is 0.122 e. The number of fused-ring (bicyclic) bond motifs is 1. The number of benzene rings is 1. The van der Waals surface area contributed by atoms with Gasteiger partial charge in [0.25, 0.3) is 0 Å². The van der Waals surface area contributed by atoms with E-state index in [1.165, 1.54) is 0 Å². The van der Waals surface area contributed by atoms with Gasteiger partial charge in [-0.2, -0.15) is 0 Å². The highest BCUT2D eigenvalue weighted by atomic mass is 35.5. The topological polar surface area (TPSA) is 52.5 Å². The van der Waals surface area contributed by atoms with Gasteiger partial charge in [-0.3, -0.25) is 9.98 Å². The van der Waals surface area contributed by atoms with E-state index in [2.05, 4.69) is 20.3 Å². The van der Waals surface area contributed by atoms with Crippen LogP contribution in [0.5, 0.6) is 0 Å². The number of benzodiazepines with no additional fused rings is 1. The molecule has 0 amide bonds. The Labute approximate surface area is 116 Å². The average Bonchev–Trinajstić information content (AvgIpc) is 2.87. The molecule has 0 aliphatic carbocycles. The van der Waals surface area contributed by atoms with Crippen LogP contribution in [-0.4, -0.2) is 30.1 Å². The van der Waals surface area contributed by atoms with Gasteiger partial charge in [0, 0.05) is 41.3 Å². The number of amidine groups is 1. The van der Waals surface area contributed by atoms with Crippen LogP contribution in [0.4, 0.5) is 5.69 Å². The maximum atomic E-state index is 6.11. The molecule has 2 heterocycles. The molecule has 0 bridgehead atoms. The Bertz CT molecular complexity index is 656. The minimum absolute atomic E-state index is 0.531. The van der Waals surface area contributed by atoms with Crippen LogP contribution in [0.25, 0.3) is 0 Å². The van der Waals surface area contributed by atoms with E-state index in [1.54, 1.807) is 7.05 Å². The third-order valence-corrected chi connectivity index (χ3v) is 3.28.